The predicted molar refractivity (Wildman–Crippen MR) is 114 cm³/mol. The molecule has 0 bridgehead atoms. The van der Waals surface area contributed by atoms with Crippen LogP contribution in [0.15, 0.2) is 23.8 Å². The van der Waals surface area contributed by atoms with E-state index in [1.807, 2.05) is 24.0 Å². The fourth-order valence-corrected chi connectivity index (χ4v) is 5.62. The van der Waals surface area contributed by atoms with Gasteiger partial charge < -0.3 is 15.0 Å². The molecule has 9 heteroatoms. The Hall–Kier alpha value is -2.36. The van der Waals surface area contributed by atoms with Crippen LogP contribution in [0, 0.1) is 6.92 Å². The number of likely N-dealkylation sites (tertiary alicyclic amines) is 1. The van der Waals surface area contributed by atoms with Crippen molar-refractivity contribution in [3.8, 4) is 0 Å². The van der Waals surface area contributed by atoms with Gasteiger partial charge in [-0.15, -0.1) is 22.7 Å². The predicted octanol–water partition coefficient (Wildman–Crippen LogP) is 3.07. The maximum atomic E-state index is 12.9. The number of aryl methyl sites for hydroxylation is 1. The minimum absolute atomic E-state index is 0.0243. The van der Waals surface area contributed by atoms with Gasteiger partial charge in [-0.3, -0.25) is 9.59 Å². The molecule has 152 valence electrons. The lowest BCUT2D eigenvalue weighted by atomic mass is 9.95. The van der Waals surface area contributed by atoms with Crippen molar-refractivity contribution in [3.63, 3.8) is 0 Å². The van der Waals surface area contributed by atoms with Gasteiger partial charge in [-0.05, 0) is 25.0 Å². The fourth-order valence-electron chi connectivity index (χ4n) is 3.70. The molecule has 7 nitrogen and oxygen atoms in total. The summed E-state index contributed by atoms with van der Waals surface area (Å²) in [6.45, 7) is 4.04. The van der Waals surface area contributed by atoms with E-state index in [0.29, 0.717) is 36.0 Å². The average molecular weight is 431 g/mol. The molecule has 29 heavy (non-hydrogen) atoms. The number of carbonyl (C=O) groups is 2. The Bertz CT molecular complexity index is 1050. The lowest BCUT2D eigenvalue weighted by Crippen LogP contribution is -2.29. The van der Waals surface area contributed by atoms with E-state index in [1.165, 1.54) is 22.7 Å². The molecule has 0 aromatic carbocycles. The summed E-state index contributed by atoms with van der Waals surface area (Å²) in [5.41, 5.74) is 3.48. The van der Waals surface area contributed by atoms with Crippen LogP contribution in [0.5, 0.6) is 0 Å². The van der Waals surface area contributed by atoms with Gasteiger partial charge in [0.1, 0.15) is 9.71 Å². The summed E-state index contributed by atoms with van der Waals surface area (Å²) in [4.78, 5) is 38.5. The molecule has 1 atom stereocenters. The monoisotopic (exact) mass is 430 g/mol. The first-order chi connectivity index (χ1) is 14.1. The van der Waals surface area contributed by atoms with Crippen molar-refractivity contribution in [2.24, 2.45) is 0 Å². The lowest BCUT2D eigenvalue weighted by molar-refractivity contribution is 0.0794. The van der Waals surface area contributed by atoms with Crippen LogP contribution in [0.3, 0.4) is 0 Å². The highest BCUT2D eigenvalue weighted by Gasteiger charge is 2.34. The van der Waals surface area contributed by atoms with E-state index in [1.54, 1.807) is 18.8 Å². The third kappa shape index (κ3) is 3.90. The largest absolute Gasteiger partial charge is 0.383 e. The van der Waals surface area contributed by atoms with Crippen molar-refractivity contribution in [3.05, 3.63) is 44.9 Å². The van der Waals surface area contributed by atoms with Gasteiger partial charge in [0.15, 0.2) is 0 Å². The maximum absolute atomic E-state index is 12.9. The molecule has 3 aromatic heterocycles. The van der Waals surface area contributed by atoms with Crippen LogP contribution in [0.1, 0.15) is 42.9 Å². The summed E-state index contributed by atoms with van der Waals surface area (Å²) < 4.78 is 5.03. The number of hydrogen-bond acceptors (Lipinski definition) is 7. The Morgan fingerprint density at radius 3 is 2.97 bits per heavy atom. The molecule has 4 heterocycles. The number of nitrogens with zero attached hydrogens (tertiary/aromatic N) is 3. The van der Waals surface area contributed by atoms with Crippen molar-refractivity contribution in [2.45, 2.75) is 19.3 Å². The van der Waals surface area contributed by atoms with Gasteiger partial charge in [-0.25, -0.2) is 9.97 Å². The molecule has 1 fully saturated rings. The summed E-state index contributed by atoms with van der Waals surface area (Å²) in [7, 11) is 1.61. The molecule has 0 aliphatic carbocycles. The van der Waals surface area contributed by atoms with Crippen LogP contribution < -0.4 is 5.32 Å². The lowest BCUT2D eigenvalue weighted by Gasteiger charge is -2.16. The van der Waals surface area contributed by atoms with Crippen molar-refractivity contribution >= 4 is 44.7 Å². The second-order valence-electron chi connectivity index (χ2n) is 6.95. The normalized spacial score (nSPS) is 16.5. The Morgan fingerprint density at radius 1 is 1.34 bits per heavy atom. The van der Waals surface area contributed by atoms with E-state index in [0.717, 1.165) is 27.9 Å². The first-order valence-corrected chi connectivity index (χ1v) is 11.1. The van der Waals surface area contributed by atoms with Crippen LogP contribution in [0.25, 0.3) is 10.2 Å². The molecule has 3 aromatic rings. The molecule has 1 aliphatic heterocycles. The SMILES string of the molecule is COCCNC(=O)c1sc2ncccc2c1[C@@H]1CCN(C(=O)c2scnc2C)C1. The number of fused-ring (bicyclic) bond motifs is 1. The van der Waals surface area contributed by atoms with Crippen LogP contribution >= 0.6 is 22.7 Å². The van der Waals surface area contributed by atoms with Crippen molar-refractivity contribution < 1.29 is 14.3 Å². The highest BCUT2D eigenvalue weighted by atomic mass is 32.1. The minimum Gasteiger partial charge on any atom is -0.383 e. The van der Waals surface area contributed by atoms with E-state index in [2.05, 4.69) is 15.3 Å². The summed E-state index contributed by atoms with van der Waals surface area (Å²) in [6, 6.07) is 3.90. The van der Waals surface area contributed by atoms with E-state index in [9.17, 15) is 9.59 Å². The standard InChI is InChI=1S/C20H22N4O3S2/c1-12-16(28-11-23-12)20(26)24-8-5-13(10-24)15-14-4-3-6-22-19(14)29-17(15)18(25)21-7-9-27-2/h3-4,6,11,13H,5,7-10H2,1-2H3,(H,21,25)/t13-/m1/s1. The summed E-state index contributed by atoms with van der Waals surface area (Å²) in [6.07, 6.45) is 2.56. The van der Waals surface area contributed by atoms with E-state index in [-0.39, 0.29) is 17.7 Å². The smallest absolute Gasteiger partial charge is 0.265 e. The van der Waals surface area contributed by atoms with Gasteiger partial charge in [0.05, 0.1) is 22.7 Å². The molecule has 4 rings (SSSR count). The summed E-state index contributed by atoms with van der Waals surface area (Å²) in [5.74, 6) is 0.0210. The maximum Gasteiger partial charge on any atom is 0.265 e. The quantitative estimate of drug-likeness (QED) is 0.608. The molecule has 1 aliphatic rings. The third-order valence-electron chi connectivity index (χ3n) is 5.13. The molecular weight excluding hydrogens is 408 g/mol. The van der Waals surface area contributed by atoms with Crippen LogP contribution in [0.2, 0.25) is 0 Å². The third-order valence-corrected chi connectivity index (χ3v) is 7.17. The number of ether oxygens (including phenoxy) is 1. The van der Waals surface area contributed by atoms with Crippen molar-refractivity contribution in [2.75, 3.05) is 33.4 Å². The van der Waals surface area contributed by atoms with Gasteiger partial charge in [0, 0.05) is 44.2 Å². The number of rotatable bonds is 6. The van der Waals surface area contributed by atoms with Gasteiger partial charge >= 0.3 is 0 Å². The Morgan fingerprint density at radius 2 is 2.21 bits per heavy atom. The molecular formula is C20H22N4O3S2. The zero-order chi connectivity index (χ0) is 20.4. The van der Waals surface area contributed by atoms with E-state index < -0.39 is 0 Å². The summed E-state index contributed by atoms with van der Waals surface area (Å²) >= 11 is 2.79. The Labute approximate surface area is 176 Å². The number of methoxy groups -OCH3 is 1. The highest BCUT2D eigenvalue weighted by molar-refractivity contribution is 7.20. The molecule has 0 saturated carbocycles. The molecule has 0 spiro atoms. The number of thiazole rings is 1. The molecule has 1 N–H and O–H groups in total. The van der Waals surface area contributed by atoms with Crippen LogP contribution in [0.4, 0.5) is 0 Å². The van der Waals surface area contributed by atoms with Crippen LogP contribution in [-0.4, -0.2) is 60.0 Å². The Kier molecular flexibility index (Phi) is 5.89. The highest BCUT2D eigenvalue weighted by Crippen LogP contribution is 2.39. The summed E-state index contributed by atoms with van der Waals surface area (Å²) in [5, 5.41) is 3.92. The molecule has 1 saturated heterocycles. The number of nitrogens with one attached hydrogen (secondary N) is 1. The first-order valence-electron chi connectivity index (χ1n) is 9.44. The van der Waals surface area contributed by atoms with Gasteiger partial charge in [-0.2, -0.15) is 0 Å². The van der Waals surface area contributed by atoms with Gasteiger partial charge in [0.25, 0.3) is 11.8 Å². The average Bonchev–Trinajstić information content (AvgIpc) is 3.45. The first kappa shape index (κ1) is 19.9. The number of hydrogen-bond donors (Lipinski definition) is 1. The topological polar surface area (TPSA) is 84.4 Å². The minimum atomic E-state index is -0.108. The number of thiophene rings is 1. The van der Waals surface area contributed by atoms with Crippen molar-refractivity contribution in [1.29, 1.82) is 0 Å². The fraction of sp³-hybridized carbons (Fsp3) is 0.400. The number of carbonyl (C=O) groups excluding carboxylic acids is 2. The van der Waals surface area contributed by atoms with Gasteiger partial charge in [-0.1, -0.05) is 6.07 Å². The second kappa shape index (κ2) is 8.56. The second-order valence-corrected chi connectivity index (χ2v) is 8.81. The number of pyridine rings is 1. The Balaban J connectivity index is 1.61. The van der Waals surface area contributed by atoms with Crippen LogP contribution in [-0.2, 0) is 4.74 Å². The van der Waals surface area contributed by atoms with Crippen molar-refractivity contribution in [1.82, 2.24) is 20.2 Å². The van der Waals surface area contributed by atoms with Gasteiger partial charge in [0.2, 0.25) is 0 Å². The van der Waals surface area contributed by atoms with E-state index in [4.69, 9.17) is 4.74 Å². The van der Waals surface area contributed by atoms with E-state index >= 15 is 0 Å². The molecule has 0 unspecified atom stereocenters. The number of aromatic nitrogens is 2. The number of amides is 2. The zero-order valence-corrected chi connectivity index (χ0v) is 17.9. The molecule has 2 amide bonds. The molecule has 0 radical (unpaired) electrons. The zero-order valence-electron chi connectivity index (χ0n) is 16.3.